The standard InChI is InChI=1S/C10H21O3P/c1-2-13-14(12,9-11)8-10-6-4-3-5-7-10/h10-11H,2-9H2,1H3. The summed E-state index contributed by atoms with van der Waals surface area (Å²) < 4.78 is 17.2. The number of hydrogen-bond donors (Lipinski definition) is 1. The molecule has 4 heteroatoms. The van der Waals surface area contributed by atoms with Crippen molar-refractivity contribution in [2.45, 2.75) is 39.0 Å². The molecule has 1 atom stereocenters. The zero-order valence-electron chi connectivity index (χ0n) is 8.95. The molecule has 14 heavy (non-hydrogen) atoms. The zero-order chi connectivity index (χ0) is 10.4. The van der Waals surface area contributed by atoms with Crippen LogP contribution >= 0.6 is 7.37 Å². The van der Waals surface area contributed by atoms with Crippen LogP contribution in [0.25, 0.3) is 0 Å². The van der Waals surface area contributed by atoms with E-state index in [0.29, 0.717) is 18.7 Å². The molecule has 1 aliphatic rings. The van der Waals surface area contributed by atoms with Gasteiger partial charge in [0, 0.05) is 6.16 Å². The van der Waals surface area contributed by atoms with Gasteiger partial charge in [-0.2, -0.15) is 0 Å². The largest absolute Gasteiger partial charge is 0.386 e. The molecule has 0 bridgehead atoms. The van der Waals surface area contributed by atoms with Crippen LogP contribution < -0.4 is 0 Å². The molecule has 0 aromatic carbocycles. The lowest BCUT2D eigenvalue weighted by Gasteiger charge is -2.25. The molecule has 1 fully saturated rings. The summed E-state index contributed by atoms with van der Waals surface area (Å²) in [6.45, 7) is 2.26. The Morgan fingerprint density at radius 1 is 1.36 bits per heavy atom. The molecule has 84 valence electrons. The van der Waals surface area contributed by atoms with Gasteiger partial charge in [-0.1, -0.05) is 19.3 Å². The molecule has 1 aliphatic carbocycles. The normalized spacial score (nSPS) is 23.3. The molecule has 1 rings (SSSR count). The van der Waals surface area contributed by atoms with E-state index in [9.17, 15) is 4.57 Å². The van der Waals surface area contributed by atoms with Crippen LogP contribution in [0.5, 0.6) is 0 Å². The average molecular weight is 220 g/mol. The van der Waals surface area contributed by atoms with Crippen molar-refractivity contribution in [2.24, 2.45) is 5.92 Å². The van der Waals surface area contributed by atoms with E-state index in [2.05, 4.69) is 0 Å². The van der Waals surface area contributed by atoms with Crippen LogP contribution in [0.2, 0.25) is 0 Å². The fraction of sp³-hybridized carbons (Fsp3) is 1.00. The molecule has 0 amide bonds. The summed E-state index contributed by atoms with van der Waals surface area (Å²) in [6, 6.07) is 0. The van der Waals surface area contributed by atoms with Crippen LogP contribution in [0.4, 0.5) is 0 Å². The molecule has 3 nitrogen and oxygen atoms in total. The molecular weight excluding hydrogens is 199 g/mol. The topological polar surface area (TPSA) is 46.5 Å². The highest BCUT2D eigenvalue weighted by Gasteiger charge is 2.27. The summed E-state index contributed by atoms with van der Waals surface area (Å²) in [6.07, 6.45) is 6.36. The Labute approximate surface area is 86.3 Å². The summed E-state index contributed by atoms with van der Waals surface area (Å²) in [7, 11) is -2.71. The number of aliphatic hydroxyl groups is 1. The van der Waals surface area contributed by atoms with Crippen molar-refractivity contribution < 1.29 is 14.2 Å². The van der Waals surface area contributed by atoms with Gasteiger partial charge in [0.25, 0.3) is 0 Å². The Kier molecular flexibility index (Phi) is 5.14. The molecule has 0 saturated heterocycles. The molecular formula is C10H21O3P. The van der Waals surface area contributed by atoms with E-state index in [1.54, 1.807) is 0 Å². The van der Waals surface area contributed by atoms with Gasteiger partial charge in [-0.15, -0.1) is 0 Å². The summed E-state index contributed by atoms with van der Waals surface area (Å²) in [5.41, 5.74) is 0. The van der Waals surface area contributed by atoms with Crippen molar-refractivity contribution >= 4 is 7.37 Å². The third kappa shape index (κ3) is 3.72. The van der Waals surface area contributed by atoms with Gasteiger partial charge in [0.2, 0.25) is 7.37 Å². The summed E-state index contributed by atoms with van der Waals surface area (Å²) in [5, 5.41) is 9.06. The maximum absolute atomic E-state index is 12.0. The van der Waals surface area contributed by atoms with Gasteiger partial charge in [0.1, 0.15) is 6.35 Å². The summed E-state index contributed by atoms with van der Waals surface area (Å²) in [5.74, 6) is 0.508. The Balaban J connectivity index is 2.41. The van der Waals surface area contributed by atoms with Crippen molar-refractivity contribution in [3.05, 3.63) is 0 Å². The average Bonchev–Trinajstić information content (AvgIpc) is 2.20. The SMILES string of the molecule is CCOP(=O)(CO)CC1CCCCC1. The minimum absolute atomic E-state index is 0.294. The smallest absolute Gasteiger partial charge is 0.227 e. The quantitative estimate of drug-likeness (QED) is 0.725. The molecule has 0 aromatic heterocycles. The first kappa shape index (κ1) is 12.2. The van der Waals surface area contributed by atoms with Gasteiger partial charge < -0.3 is 9.63 Å². The maximum atomic E-state index is 12.0. The van der Waals surface area contributed by atoms with Crippen LogP contribution in [0.1, 0.15) is 39.0 Å². The third-order valence-electron chi connectivity index (χ3n) is 2.84. The maximum Gasteiger partial charge on any atom is 0.227 e. The van der Waals surface area contributed by atoms with Crippen LogP contribution in [-0.4, -0.2) is 24.2 Å². The van der Waals surface area contributed by atoms with E-state index >= 15 is 0 Å². The predicted octanol–water partition coefficient (Wildman–Crippen LogP) is 2.83. The summed E-state index contributed by atoms with van der Waals surface area (Å²) >= 11 is 0. The second kappa shape index (κ2) is 5.89. The Hall–Kier alpha value is 0.150. The molecule has 1 N–H and O–H groups in total. The molecule has 0 aliphatic heterocycles. The van der Waals surface area contributed by atoms with E-state index in [4.69, 9.17) is 9.63 Å². The van der Waals surface area contributed by atoms with E-state index in [1.165, 1.54) is 19.3 Å². The van der Waals surface area contributed by atoms with E-state index in [1.807, 2.05) is 6.92 Å². The first-order valence-electron chi connectivity index (χ1n) is 5.53. The molecule has 1 unspecified atom stereocenters. The highest BCUT2D eigenvalue weighted by molar-refractivity contribution is 7.58. The van der Waals surface area contributed by atoms with Gasteiger partial charge in [-0.25, -0.2) is 0 Å². The van der Waals surface area contributed by atoms with Crippen molar-refractivity contribution in [1.29, 1.82) is 0 Å². The molecule has 0 heterocycles. The highest BCUT2D eigenvalue weighted by Crippen LogP contribution is 2.49. The van der Waals surface area contributed by atoms with E-state index < -0.39 is 7.37 Å². The first-order chi connectivity index (χ1) is 6.70. The van der Waals surface area contributed by atoms with Crippen molar-refractivity contribution in [2.75, 3.05) is 19.1 Å². The Morgan fingerprint density at radius 3 is 2.50 bits per heavy atom. The minimum atomic E-state index is -2.71. The van der Waals surface area contributed by atoms with Gasteiger partial charge in [-0.05, 0) is 25.7 Å². The Bertz CT molecular complexity index is 200. The molecule has 0 spiro atoms. The summed E-state index contributed by atoms with van der Waals surface area (Å²) in [4.78, 5) is 0. The lowest BCUT2D eigenvalue weighted by atomic mass is 9.91. The fourth-order valence-electron chi connectivity index (χ4n) is 2.15. The van der Waals surface area contributed by atoms with E-state index in [0.717, 1.165) is 12.8 Å². The molecule has 1 saturated carbocycles. The van der Waals surface area contributed by atoms with Crippen LogP contribution in [0, 0.1) is 5.92 Å². The number of aliphatic hydroxyl groups excluding tert-OH is 1. The number of rotatable bonds is 5. The fourth-order valence-corrected chi connectivity index (χ4v) is 4.07. The van der Waals surface area contributed by atoms with Gasteiger partial charge in [-0.3, -0.25) is 4.57 Å². The van der Waals surface area contributed by atoms with Crippen LogP contribution in [-0.2, 0) is 9.09 Å². The van der Waals surface area contributed by atoms with Gasteiger partial charge in [0.05, 0.1) is 6.61 Å². The molecule has 0 aromatic rings. The lowest BCUT2D eigenvalue weighted by molar-refractivity contribution is 0.274. The van der Waals surface area contributed by atoms with Gasteiger partial charge in [0.15, 0.2) is 0 Å². The minimum Gasteiger partial charge on any atom is -0.386 e. The molecule has 0 radical (unpaired) electrons. The van der Waals surface area contributed by atoms with Gasteiger partial charge >= 0.3 is 0 Å². The van der Waals surface area contributed by atoms with E-state index in [-0.39, 0.29) is 6.35 Å². The zero-order valence-corrected chi connectivity index (χ0v) is 9.84. The first-order valence-corrected chi connectivity index (χ1v) is 7.53. The number of hydrogen-bond acceptors (Lipinski definition) is 3. The predicted molar refractivity (Wildman–Crippen MR) is 57.8 cm³/mol. The van der Waals surface area contributed by atoms with Crippen LogP contribution in [0.15, 0.2) is 0 Å². The Morgan fingerprint density at radius 2 is 2.00 bits per heavy atom. The van der Waals surface area contributed by atoms with Crippen molar-refractivity contribution in [3.63, 3.8) is 0 Å². The third-order valence-corrected chi connectivity index (χ3v) is 5.07. The van der Waals surface area contributed by atoms with Crippen LogP contribution in [0.3, 0.4) is 0 Å². The highest BCUT2D eigenvalue weighted by atomic mass is 31.2. The second-order valence-electron chi connectivity index (χ2n) is 4.06. The monoisotopic (exact) mass is 220 g/mol. The second-order valence-corrected chi connectivity index (χ2v) is 6.60. The van der Waals surface area contributed by atoms with Crippen molar-refractivity contribution in [3.8, 4) is 0 Å². The van der Waals surface area contributed by atoms with Crippen molar-refractivity contribution in [1.82, 2.24) is 0 Å². The lowest BCUT2D eigenvalue weighted by Crippen LogP contribution is -2.13.